The topological polar surface area (TPSA) is 76.7 Å². The molecular weight excluding hydrogens is 314 g/mol. The van der Waals surface area contributed by atoms with Gasteiger partial charge in [0.25, 0.3) is 0 Å². The van der Waals surface area contributed by atoms with Crippen LogP contribution in [-0.2, 0) is 12.1 Å². The molecule has 1 unspecified atom stereocenters. The van der Waals surface area contributed by atoms with Crippen LogP contribution in [0.1, 0.15) is 39.0 Å². The lowest BCUT2D eigenvalue weighted by atomic mass is 9.71. The van der Waals surface area contributed by atoms with E-state index >= 15 is 0 Å². The smallest absolute Gasteiger partial charge is 0.139 e. The Labute approximate surface area is 147 Å². The summed E-state index contributed by atoms with van der Waals surface area (Å²) < 4.78 is 1.87. The number of aryl methyl sites for hydroxylation is 1. The summed E-state index contributed by atoms with van der Waals surface area (Å²) in [7, 11) is 0. The van der Waals surface area contributed by atoms with Crippen molar-refractivity contribution in [2.45, 2.75) is 39.8 Å². The molecule has 0 aliphatic rings. The Kier molecular flexibility index (Phi) is 4.39. The highest BCUT2D eigenvalue weighted by molar-refractivity contribution is 5.60. The number of hydrogen-bond acceptors (Lipinski definition) is 5. The summed E-state index contributed by atoms with van der Waals surface area (Å²) in [6, 6.07) is 3.82. The highest BCUT2D eigenvalue weighted by Gasteiger charge is 2.45. The molecule has 0 aliphatic heterocycles. The summed E-state index contributed by atoms with van der Waals surface area (Å²) in [5, 5.41) is 15.8. The van der Waals surface area contributed by atoms with E-state index in [1.165, 1.54) is 6.33 Å². The van der Waals surface area contributed by atoms with Crippen LogP contribution in [0.2, 0.25) is 0 Å². The minimum Gasteiger partial charge on any atom is -0.378 e. The summed E-state index contributed by atoms with van der Waals surface area (Å²) in [6.45, 7) is 8.79. The molecule has 0 aliphatic carbocycles. The molecule has 0 fully saturated rings. The SMILES string of the molecule is CCn1cc(-c2ccc(C(O)(c3cncnc3)C(C)(C)C)nc2)cn1. The van der Waals surface area contributed by atoms with Gasteiger partial charge < -0.3 is 5.11 Å². The summed E-state index contributed by atoms with van der Waals surface area (Å²) in [5.74, 6) is 0. The highest BCUT2D eigenvalue weighted by Crippen LogP contribution is 2.43. The zero-order valence-electron chi connectivity index (χ0n) is 15.0. The van der Waals surface area contributed by atoms with E-state index in [-0.39, 0.29) is 0 Å². The molecule has 0 aromatic carbocycles. The molecule has 3 heterocycles. The molecule has 3 aromatic heterocycles. The first-order chi connectivity index (χ1) is 11.9. The first-order valence-corrected chi connectivity index (χ1v) is 8.33. The second-order valence-electron chi connectivity index (χ2n) is 7.10. The maximum absolute atomic E-state index is 11.5. The molecule has 25 heavy (non-hydrogen) atoms. The number of aromatic nitrogens is 5. The number of aliphatic hydroxyl groups is 1. The van der Waals surface area contributed by atoms with Crippen LogP contribution in [0.3, 0.4) is 0 Å². The summed E-state index contributed by atoms with van der Waals surface area (Å²) >= 11 is 0. The third kappa shape index (κ3) is 3.05. The predicted molar refractivity (Wildman–Crippen MR) is 95.6 cm³/mol. The molecule has 3 rings (SSSR count). The molecule has 1 atom stereocenters. The van der Waals surface area contributed by atoms with E-state index in [0.29, 0.717) is 11.3 Å². The first-order valence-electron chi connectivity index (χ1n) is 8.33. The fourth-order valence-corrected chi connectivity index (χ4v) is 2.92. The van der Waals surface area contributed by atoms with Gasteiger partial charge in [-0.15, -0.1) is 0 Å². The van der Waals surface area contributed by atoms with Gasteiger partial charge in [0.1, 0.15) is 11.9 Å². The number of nitrogens with zero attached hydrogens (tertiary/aromatic N) is 5. The summed E-state index contributed by atoms with van der Waals surface area (Å²) in [4.78, 5) is 12.7. The highest BCUT2D eigenvalue weighted by atomic mass is 16.3. The third-order valence-corrected chi connectivity index (χ3v) is 4.49. The van der Waals surface area contributed by atoms with Crippen LogP contribution in [0.15, 0.2) is 49.4 Å². The van der Waals surface area contributed by atoms with E-state index in [2.05, 4.69) is 20.1 Å². The Bertz CT molecular complexity index is 836. The zero-order valence-corrected chi connectivity index (χ0v) is 15.0. The van der Waals surface area contributed by atoms with Crippen LogP contribution < -0.4 is 0 Å². The van der Waals surface area contributed by atoms with Gasteiger partial charge in [0.15, 0.2) is 0 Å². The lowest BCUT2D eigenvalue weighted by molar-refractivity contribution is -0.0301. The van der Waals surface area contributed by atoms with E-state index in [1.807, 2.05) is 56.9 Å². The van der Waals surface area contributed by atoms with Crippen molar-refractivity contribution >= 4 is 0 Å². The largest absolute Gasteiger partial charge is 0.378 e. The van der Waals surface area contributed by atoms with Gasteiger partial charge in [0, 0.05) is 53.4 Å². The van der Waals surface area contributed by atoms with Gasteiger partial charge in [-0.1, -0.05) is 26.8 Å². The van der Waals surface area contributed by atoms with Crippen molar-refractivity contribution < 1.29 is 5.11 Å². The minimum absolute atomic E-state index is 0.487. The molecule has 6 nitrogen and oxygen atoms in total. The van der Waals surface area contributed by atoms with Gasteiger partial charge in [0.05, 0.1) is 11.9 Å². The van der Waals surface area contributed by atoms with Crippen molar-refractivity contribution in [2.75, 3.05) is 0 Å². The van der Waals surface area contributed by atoms with Gasteiger partial charge in [-0.3, -0.25) is 9.67 Å². The average Bonchev–Trinajstić information content (AvgIpc) is 3.10. The van der Waals surface area contributed by atoms with Crippen molar-refractivity contribution in [3.8, 4) is 11.1 Å². The molecule has 0 radical (unpaired) electrons. The standard InChI is InChI=1S/C19H23N5O/c1-5-24-12-15(9-23-24)14-6-7-17(22-8-14)19(25,18(2,3)4)16-10-20-13-21-11-16/h6-13,25H,5H2,1-4H3. The van der Waals surface area contributed by atoms with Crippen LogP contribution in [0, 0.1) is 5.41 Å². The second kappa shape index (κ2) is 6.37. The minimum atomic E-state index is -1.29. The quantitative estimate of drug-likeness (QED) is 0.792. The molecule has 0 saturated carbocycles. The molecule has 0 saturated heterocycles. The molecule has 1 N–H and O–H groups in total. The van der Waals surface area contributed by atoms with E-state index in [4.69, 9.17) is 0 Å². The number of hydrogen-bond donors (Lipinski definition) is 1. The lowest BCUT2D eigenvalue weighted by Gasteiger charge is -2.39. The fourth-order valence-electron chi connectivity index (χ4n) is 2.92. The Morgan fingerprint density at radius 2 is 1.72 bits per heavy atom. The Morgan fingerprint density at radius 1 is 1.00 bits per heavy atom. The maximum Gasteiger partial charge on any atom is 0.139 e. The first kappa shape index (κ1) is 17.2. The molecule has 6 heteroatoms. The van der Waals surface area contributed by atoms with Crippen molar-refractivity contribution in [1.82, 2.24) is 24.7 Å². The monoisotopic (exact) mass is 337 g/mol. The van der Waals surface area contributed by atoms with Gasteiger partial charge in [-0.2, -0.15) is 5.10 Å². The molecule has 3 aromatic rings. The molecule has 0 amide bonds. The zero-order chi connectivity index (χ0) is 18.1. The van der Waals surface area contributed by atoms with Crippen LogP contribution in [-0.4, -0.2) is 29.8 Å². The number of pyridine rings is 1. The number of rotatable bonds is 4. The maximum atomic E-state index is 11.5. The van der Waals surface area contributed by atoms with Gasteiger partial charge in [-0.25, -0.2) is 9.97 Å². The third-order valence-electron chi connectivity index (χ3n) is 4.49. The van der Waals surface area contributed by atoms with Crippen molar-refractivity contribution in [3.05, 3.63) is 60.7 Å². The average molecular weight is 337 g/mol. The van der Waals surface area contributed by atoms with E-state index in [1.54, 1.807) is 18.6 Å². The van der Waals surface area contributed by atoms with Crippen LogP contribution in [0.5, 0.6) is 0 Å². The van der Waals surface area contributed by atoms with Crippen LogP contribution in [0.25, 0.3) is 11.1 Å². The fraction of sp³-hybridized carbons (Fsp3) is 0.368. The van der Waals surface area contributed by atoms with Crippen LogP contribution in [0.4, 0.5) is 0 Å². The Morgan fingerprint density at radius 3 is 2.24 bits per heavy atom. The van der Waals surface area contributed by atoms with E-state index < -0.39 is 11.0 Å². The normalized spacial score (nSPS) is 14.3. The predicted octanol–water partition coefficient (Wildman–Crippen LogP) is 3.04. The molecule has 0 spiro atoms. The van der Waals surface area contributed by atoms with Crippen molar-refractivity contribution in [2.24, 2.45) is 5.41 Å². The van der Waals surface area contributed by atoms with Gasteiger partial charge >= 0.3 is 0 Å². The van der Waals surface area contributed by atoms with Crippen molar-refractivity contribution in [1.29, 1.82) is 0 Å². The van der Waals surface area contributed by atoms with Gasteiger partial charge in [0.2, 0.25) is 0 Å². The summed E-state index contributed by atoms with van der Waals surface area (Å²) in [5.41, 5.74) is 1.38. The van der Waals surface area contributed by atoms with Crippen molar-refractivity contribution in [3.63, 3.8) is 0 Å². The van der Waals surface area contributed by atoms with Crippen LogP contribution >= 0.6 is 0 Å². The molecule has 130 valence electrons. The Hall–Kier alpha value is -2.60. The second-order valence-corrected chi connectivity index (χ2v) is 7.10. The Balaban J connectivity index is 2.03. The summed E-state index contributed by atoms with van der Waals surface area (Å²) in [6.07, 6.45) is 10.3. The van der Waals surface area contributed by atoms with E-state index in [0.717, 1.165) is 17.7 Å². The molecular formula is C19H23N5O. The van der Waals surface area contributed by atoms with Gasteiger partial charge in [-0.05, 0) is 13.0 Å². The van der Waals surface area contributed by atoms with E-state index in [9.17, 15) is 5.11 Å². The lowest BCUT2D eigenvalue weighted by Crippen LogP contribution is -2.42. The molecule has 0 bridgehead atoms.